The average Bonchev–Trinajstić information content (AvgIpc) is 2.90. The first-order valence-electron chi connectivity index (χ1n) is 11.7. The first-order valence-corrected chi connectivity index (χ1v) is 15.0. The van der Waals surface area contributed by atoms with Crippen molar-refractivity contribution < 1.29 is 34.8 Å². The lowest BCUT2D eigenvalue weighted by Gasteiger charge is -2.13. The van der Waals surface area contributed by atoms with Gasteiger partial charge in [-0.1, -0.05) is 35.9 Å². The Bertz CT molecular complexity index is 1830. The minimum atomic E-state index is -4.65. The number of nitrogens with one attached hydrogen (secondary N) is 3. The lowest BCUT2D eigenvalue weighted by Crippen LogP contribution is -2.17. The van der Waals surface area contributed by atoms with E-state index in [1.54, 1.807) is 31.2 Å². The molecule has 4 aromatic rings. The van der Waals surface area contributed by atoms with Crippen LogP contribution >= 0.6 is 11.6 Å². The lowest BCUT2D eigenvalue weighted by molar-refractivity contribution is -0.137. The van der Waals surface area contributed by atoms with Crippen molar-refractivity contribution in [2.45, 2.75) is 22.9 Å². The molecule has 3 N–H and O–H groups in total. The van der Waals surface area contributed by atoms with Gasteiger partial charge >= 0.3 is 6.18 Å². The van der Waals surface area contributed by atoms with E-state index in [1.165, 1.54) is 30.3 Å². The van der Waals surface area contributed by atoms with Crippen LogP contribution in [-0.4, -0.2) is 22.7 Å². The molecular formula is C27H21ClF3N3O5S2. The highest BCUT2D eigenvalue weighted by Gasteiger charge is 2.31. The Labute approximate surface area is 239 Å². The van der Waals surface area contributed by atoms with Crippen LogP contribution in [0.1, 0.15) is 21.5 Å². The van der Waals surface area contributed by atoms with E-state index in [1.807, 2.05) is 0 Å². The molecule has 0 bridgehead atoms. The van der Waals surface area contributed by atoms with Gasteiger partial charge in [0.25, 0.3) is 26.0 Å². The summed E-state index contributed by atoms with van der Waals surface area (Å²) in [6.07, 6.45) is -4.65. The van der Waals surface area contributed by atoms with Crippen LogP contribution in [0, 0.1) is 6.92 Å². The first kappa shape index (κ1) is 29.9. The SMILES string of the molecule is Cc1ccccc1NS(=O)(=O)c1cc(C(=O)Nc2ccc(S(=O)(=O)Nc3cccc(C(F)(F)F)c3)cc2)ccc1Cl. The normalized spacial score (nSPS) is 12.0. The van der Waals surface area contributed by atoms with Crippen LogP contribution in [0.4, 0.5) is 30.2 Å². The highest BCUT2D eigenvalue weighted by atomic mass is 35.5. The molecule has 0 fully saturated rings. The molecule has 41 heavy (non-hydrogen) atoms. The van der Waals surface area contributed by atoms with Crippen LogP contribution in [0.5, 0.6) is 0 Å². The van der Waals surface area contributed by atoms with Crippen molar-refractivity contribution in [2.75, 3.05) is 14.8 Å². The number of sulfonamides is 2. The molecule has 8 nitrogen and oxygen atoms in total. The Kier molecular flexibility index (Phi) is 8.34. The van der Waals surface area contributed by atoms with Gasteiger partial charge in [0.05, 0.1) is 21.2 Å². The Balaban J connectivity index is 1.49. The summed E-state index contributed by atoms with van der Waals surface area (Å²) in [5, 5.41) is 2.42. The summed E-state index contributed by atoms with van der Waals surface area (Å²) in [5.41, 5.74) is -0.136. The predicted molar refractivity (Wildman–Crippen MR) is 150 cm³/mol. The number of anilines is 3. The van der Waals surface area contributed by atoms with E-state index < -0.39 is 37.7 Å². The number of rotatable bonds is 8. The van der Waals surface area contributed by atoms with Crippen LogP contribution in [0.25, 0.3) is 0 Å². The molecule has 0 saturated heterocycles. The number of hydrogen-bond acceptors (Lipinski definition) is 5. The van der Waals surface area contributed by atoms with Crippen LogP contribution in [0.3, 0.4) is 0 Å². The second-order valence-electron chi connectivity index (χ2n) is 8.73. The molecule has 1 amide bonds. The lowest BCUT2D eigenvalue weighted by atomic mass is 10.2. The maximum atomic E-state index is 13.0. The Morgan fingerprint density at radius 1 is 0.756 bits per heavy atom. The van der Waals surface area contributed by atoms with Crippen molar-refractivity contribution in [2.24, 2.45) is 0 Å². The van der Waals surface area contributed by atoms with Gasteiger partial charge in [-0.3, -0.25) is 14.2 Å². The summed E-state index contributed by atoms with van der Waals surface area (Å²) in [6, 6.07) is 19.0. The van der Waals surface area contributed by atoms with Gasteiger partial charge in [0.1, 0.15) is 4.90 Å². The van der Waals surface area contributed by atoms with Gasteiger partial charge in [-0.15, -0.1) is 0 Å². The van der Waals surface area contributed by atoms with Crippen molar-refractivity contribution in [1.29, 1.82) is 0 Å². The van der Waals surface area contributed by atoms with E-state index in [9.17, 15) is 34.8 Å². The van der Waals surface area contributed by atoms with Crippen molar-refractivity contribution in [3.63, 3.8) is 0 Å². The van der Waals surface area contributed by atoms with Gasteiger partial charge in [-0.2, -0.15) is 13.2 Å². The minimum absolute atomic E-state index is 0.0394. The van der Waals surface area contributed by atoms with Gasteiger partial charge in [-0.25, -0.2) is 16.8 Å². The first-order chi connectivity index (χ1) is 19.2. The van der Waals surface area contributed by atoms with E-state index in [0.717, 1.165) is 30.3 Å². The van der Waals surface area contributed by atoms with Crippen molar-refractivity contribution >= 4 is 54.6 Å². The summed E-state index contributed by atoms with van der Waals surface area (Å²) < 4.78 is 94.7. The molecule has 0 aliphatic rings. The smallest absolute Gasteiger partial charge is 0.322 e. The molecule has 214 valence electrons. The molecule has 0 atom stereocenters. The zero-order valence-corrected chi connectivity index (χ0v) is 23.4. The number of halogens is 4. The standard InChI is InChI=1S/C27H21ClF3N3O5S2/c1-17-5-2-3-8-24(17)34-41(38,39)25-15-18(9-14-23(25)28)26(35)32-20-10-12-22(13-11-20)40(36,37)33-21-7-4-6-19(16-21)27(29,30)31/h2-16,33-34H,1H3,(H,32,35). The third-order valence-electron chi connectivity index (χ3n) is 5.74. The molecule has 4 aromatic carbocycles. The highest BCUT2D eigenvalue weighted by molar-refractivity contribution is 7.93. The van der Waals surface area contributed by atoms with Gasteiger partial charge < -0.3 is 5.32 Å². The maximum absolute atomic E-state index is 13.0. The van der Waals surface area contributed by atoms with Gasteiger partial charge in [0.2, 0.25) is 0 Å². The fraction of sp³-hybridized carbons (Fsp3) is 0.0741. The molecule has 4 rings (SSSR count). The van der Waals surface area contributed by atoms with Crippen LogP contribution in [0.2, 0.25) is 5.02 Å². The van der Waals surface area contributed by atoms with Crippen LogP contribution in [0.15, 0.2) is 101 Å². The number of aryl methyl sites for hydroxylation is 1. The number of amides is 1. The number of carbonyl (C=O) groups excluding carboxylic acids is 1. The summed E-state index contributed by atoms with van der Waals surface area (Å²) >= 11 is 6.13. The van der Waals surface area contributed by atoms with Crippen molar-refractivity contribution in [3.8, 4) is 0 Å². The molecule has 0 saturated carbocycles. The quantitative estimate of drug-likeness (QED) is 0.206. The summed E-state index contributed by atoms with van der Waals surface area (Å²) in [4.78, 5) is 12.3. The maximum Gasteiger partial charge on any atom is 0.416 e. The molecule has 14 heteroatoms. The Hall–Kier alpha value is -4.07. The minimum Gasteiger partial charge on any atom is -0.322 e. The molecule has 0 unspecified atom stereocenters. The van der Waals surface area contributed by atoms with Gasteiger partial charge in [0.15, 0.2) is 0 Å². The fourth-order valence-corrected chi connectivity index (χ4v) is 6.34. The van der Waals surface area contributed by atoms with E-state index in [-0.39, 0.29) is 31.8 Å². The fourth-order valence-electron chi connectivity index (χ4n) is 3.63. The third-order valence-corrected chi connectivity index (χ3v) is 8.98. The van der Waals surface area contributed by atoms with Gasteiger partial charge in [0, 0.05) is 16.9 Å². The summed E-state index contributed by atoms with van der Waals surface area (Å²) in [7, 11) is -8.40. The molecule has 0 heterocycles. The predicted octanol–water partition coefficient (Wildman–Crippen LogP) is 6.52. The third kappa shape index (κ3) is 7.17. The molecule has 0 spiro atoms. The van der Waals surface area contributed by atoms with E-state index in [2.05, 4.69) is 14.8 Å². The van der Waals surface area contributed by atoms with Crippen molar-refractivity contribution in [1.82, 2.24) is 0 Å². The number of benzene rings is 4. The van der Waals surface area contributed by atoms with E-state index >= 15 is 0 Å². The molecule has 0 radical (unpaired) electrons. The van der Waals surface area contributed by atoms with Crippen LogP contribution < -0.4 is 14.8 Å². The molecular weight excluding hydrogens is 603 g/mol. The molecule has 0 aliphatic heterocycles. The second-order valence-corrected chi connectivity index (χ2v) is 12.5. The van der Waals surface area contributed by atoms with Crippen LogP contribution in [-0.2, 0) is 26.2 Å². The second kappa shape index (κ2) is 11.4. The number of para-hydroxylation sites is 1. The van der Waals surface area contributed by atoms with E-state index in [0.29, 0.717) is 17.3 Å². The summed E-state index contributed by atoms with van der Waals surface area (Å²) in [6.45, 7) is 1.72. The largest absolute Gasteiger partial charge is 0.416 e. The van der Waals surface area contributed by atoms with E-state index in [4.69, 9.17) is 11.6 Å². The topological polar surface area (TPSA) is 121 Å². The monoisotopic (exact) mass is 623 g/mol. The highest BCUT2D eigenvalue weighted by Crippen LogP contribution is 2.31. The number of alkyl halides is 3. The zero-order chi connectivity index (χ0) is 30.0. The van der Waals surface area contributed by atoms with Crippen molar-refractivity contribution in [3.05, 3.63) is 113 Å². The molecule has 0 aromatic heterocycles. The summed E-state index contributed by atoms with van der Waals surface area (Å²) in [5.74, 6) is -0.702. The Morgan fingerprint density at radius 2 is 1.44 bits per heavy atom. The van der Waals surface area contributed by atoms with Gasteiger partial charge in [-0.05, 0) is 79.2 Å². The molecule has 0 aliphatic carbocycles. The Morgan fingerprint density at radius 3 is 2.10 bits per heavy atom. The number of hydrogen-bond donors (Lipinski definition) is 3. The number of carbonyl (C=O) groups is 1. The average molecular weight is 624 g/mol. The zero-order valence-electron chi connectivity index (χ0n) is 21.0.